The lowest BCUT2D eigenvalue weighted by atomic mass is 9.96. The van der Waals surface area contributed by atoms with Gasteiger partial charge in [-0.2, -0.15) is 5.10 Å². The van der Waals surface area contributed by atoms with Crippen LogP contribution in [0.15, 0.2) is 24.3 Å². The fourth-order valence-electron chi connectivity index (χ4n) is 3.98. The predicted molar refractivity (Wildman–Crippen MR) is 98.0 cm³/mol. The molecule has 1 amide bonds. The number of carbonyl (C=O) groups is 1. The fraction of sp³-hybridized carbons (Fsp3) is 0.737. The van der Waals surface area contributed by atoms with Gasteiger partial charge in [0.2, 0.25) is 5.91 Å². The summed E-state index contributed by atoms with van der Waals surface area (Å²) in [6, 6.07) is -0.0566. The van der Waals surface area contributed by atoms with Crippen LogP contribution in [0.3, 0.4) is 0 Å². The summed E-state index contributed by atoms with van der Waals surface area (Å²) in [5, 5.41) is 7.34. The Morgan fingerprint density at radius 3 is 3.08 bits per heavy atom. The van der Waals surface area contributed by atoms with Gasteiger partial charge < -0.3 is 5.32 Å². The number of piperidine rings is 1. The monoisotopic (exact) mass is 345 g/mol. The topological polar surface area (TPSA) is 63.1 Å². The summed E-state index contributed by atoms with van der Waals surface area (Å²) < 4.78 is 1.90. The van der Waals surface area contributed by atoms with Gasteiger partial charge in [-0.05, 0) is 64.3 Å². The molecular formula is C19H31N5O. The number of carbonyl (C=O) groups excluding carboxylic acids is 1. The van der Waals surface area contributed by atoms with Crippen LogP contribution in [0.2, 0.25) is 0 Å². The molecule has 0 spiro atoms. The molecule has 1 N–H and O–H groups in total. The Kier molecular flexibility index (Phi) is 6.62. The highest BCUT2D eigenvalue weighted by atomic mass is 16.2. The van der Waals surface area contributed by atoms with Gasteiger partial charge in [-0.1, -0.05) is 11.6 Å². The van der Waals surface area contributed by atoms with Crippen LogP contribution in [0, 0.1) is 5.92 Å². The van der Waals surface area contributed by atoms with E-state index in [0.29, 0.717) is 5.92 Å². The Morgan fingerprint density at radius 2 is 2.32 bits per heavy atom. The lowest BCUT2D eigenvalue weighted by Gasteiger charge is -2.36. The smallest absolute Gasteiger partial charge is 0.237 e. The van der Waals surface area contributed by atoms with Crippen molar-refractivity contribution in [2.24, 2.45) is 5.92 Å². The van der Waals surface area contributed by atoms with Crippen LogP contribution in [-0.4, -0.2) is 51.2 Å². The van der Waals surface area contributed by atoms with Crippen molar-refractivity contribution in [2.75, 3.05) is 19.6 Å². The molecule has 2 aliphatic rings. The number of likely N-dealkylation sites (tertiary alicyclic amines) is 1. The van der Waals surface area contributed by atoms with E-state index < -0.39 is 0 Å². The maximum Gasteiger partial charge on any atom is 0.237 e. The minimum atomic E-state index is -0.0566. The average Bonchev–Trinajstić information content (AvgIpc) is 3.15. The molecule has 0 bridgehead atoms. The zero-order chi connectivity index (χ0) is 17.5. The molecule has 0 unspecified atom stereocenters. The zero-order valence-electron chi connectivity index (χ0n) is 15.4. The molecule has 3 rings (SSSR count). The Hall–Kier alpha value is -1.69. The number of amides is 1. The second-order valence-corrected chi connectivity index (χ2v) is 7.45. The molecule has 2 atom stereocenters. The number of rotatable bonds is 7. The van der Waals surface area contributed by atoms with Gasteiger partial charge in [-0.25, -0.2) is 4.98 Å². The van der Waals surface area contributed by atoms with Crippen LogP contribution >= 0.6 is 0 Å². The van der Waals surface area contributed by atoms with Crippen molar-refractivity contribution in [3.63, 3.8) is 0 Å². The fourth-order valence-corrected chi connectivity index (χ4v) is 3.98. The molecule has 6 heteroatoms. The minimum absolute atomic E-state index is 0.0566. The van der Waals surface area contributed by atoms with Gasteiger partial charge in [0.25, 0.3) is 0 Å². The van der Waals surface area contributed by atoms with Crippen molar-refractivity contribution in [3.8, 4) is 0 Å². The van der Waals surface area contributed by atoms with E-state index in [9.17, 15) is 4.79 Å². The van der Waals surface area contributed by atoms with Gasteiger partial charge in [0, 0.05) is 19.6 Å². The first-order valence-electron chi connectivity index (χ1n) is 9.74. The predicted octanol–water partition coefficient (Wildman–Crippen LogP) is 2.39. The largest absolute Gasteiger partial charge is 0.354 e. The van der Waals surface area contributed by atoms with Crippen LogP contribution in [-0.2, 0) is 11.3 Å². The molecule has 0 radical (unpaired) electrons. The van der Waals surface area contributed by atoms with Gasteiger partial charge in [0.05, 0.1) is 6.04 Å². The molecule has 0 saturated carbocycles. The summed E-state index contributed by atoms with van der Waals surface area (Å²) >= 11 is 0. The first kappa shape index (κ1) is 18.1. The average molecular weight is 345 g/mol. The summed E-state index contributed by atoms with van der Waals surface area (Å²) in [5.41, 5.74) is 1.52. The molecule has 138 valence electrons. The zero-order valence-corrected chi connectivity index (χ0v) is 15.4. The Balaban J connectivity index is 1.42. The molecule has 0 aromatic carbocycles. The molecule has 25 heavy (non-hydrogen) atoms. The molecular weight excluding hydrogens is 314 g/mol. The van der Waals surface area contributed by atoms with Crippen LogP contribution in [0.4, 0.5) is 0 Å². The van der Waals surface area contributed by atoms with Gasteiger partial charge in [0.15, 0.2) is 0 Å². The van der Waals surface area contributed by atoms with E-state index >= 15 is 0 Å². The first-order chi connectivity index (χ1) is 12.2. The van der Waals surface area contributed by atoms with E-state index in [-0.39, 0.29) is 11.9 Å². The van der Waals surface area contributed by atoms with Gasteiger partial charge in [0.1, 0.15) is 12.7 Å². The molecule has 1 saturated heterocycles. The maximum atomic E-state index is 12.5. The van der Waals surface area contributed by atoms with Crippen molar-refractivity contribution in [3.05, 3.63) is 24.3 Å². The van der Waals surface area contributed by atoms with Crippen molar-refractivity contribution >= 4 is 5.91 Å². The van der Waals surface area contributed by atoms with Crippen LogP contribution in [0.1, 0.15) is 51.9 Å². The minimum Gasteiger partial charge on any atom is -0.354 e. The van der Waals surface area contributed by atoms with Crippen molar-refractivity contribution in [2.45, 2.75) is 64.5 Å². The van der Waals surface area contributed by atoms with Gasteiger partial charge in [-0.15, -0.1) is 0 Å². The van der Waals surface area contributed by atoms with E-state index in [1.165, 1.54) is 37.7 Å². The first-order valence-corrected chi connectivity index (χ1v) is 9.74. The van der Waals surface area contributed by atoms with Crippen molar-refractivity contribution in [1.82, 2.24) is 25.0 Å². The lowest BCUT2D eigenvalue weighted by Crippen LogP contribution is -2.49. The number of hydrogen-bond acceptors (Lipinski definition) is 4. The third-order valence-corrected chi connectivity index (χ3v) is 5.52. The van der Waals surface area contributed by atoms with E-state index in [4.69, 9.17) is 0 Å². The number of hydrogen-bond donors (Lipinski definition) is 1. The summed E-state index contributed by atoms with van der Waals surface area (Å²) in [4.78, 5) is 18.8. The third-order valence-electron chi connectivity index (χ3n) is 5.52. The molecule has 6 nitrogen and oxygen atoms in total. The number of allylic oxidation sites excluding steroid dienone is 1. The van der Waals surface area contributed by atoms with E-state index in [2.05, 4.69) is 26.4 Å². The maximum absolute atomic E-state index is 12.5. The Morgan fingerprint density at radius 1 is 1.40 bits per heavy atom. The van der Waals surface area contributed by atoms with Crippen LogP contribution < -0.4 is 5.32 Å². The van der Waals surface area contributed by atoms with E-state index in [1.807, 2.05) is 11.6 Å². The summed E-state index contributed by atoms with van der Waals surface area (Å²) in [6.45, 7) is 5.66. The second-order valence-electron chi connectivity index (χ2n) is 7.45. The molecule has 1 aliphatic carbocycles. The summed E-state index contributed by atoms with van der Waals surface area (Å²) in [7, 11) is 0. The van der Waals surface area contributed by atoms with Crippen molar-refractivity contribution in [1.29, 1.82) is 0 Å². The number of aromatic nitrogens is 3. The van der Waals surface area contributed by atoms with Crippen LogP contribution in [0.25, 0.3) is 0 Å². The van der Waals surface area contributed by atoms with E-state index in [1.54, 1.807) is 12.7 Å². The summed E-state index contributed by atoms with van der Waals surface area (Å²) in [6.07, 6.45) is 14.1. The molecule has 1 aliphatic heterocycles. The van der Waals surface area contributed by atoms with Crippen molar-refractivity contribution < 1.29 is 4.79 Å². The highest BCUT2D eigenvalue weighted by molar-refractivity contribution is 5.81. The molecule has 1 fully saturated rings. The molecule has 1 aromatic rings. The second kappa shape index (κ2) is 9.13. The standard InChI is InChI=1S/C19H31N5O/c1-16(19(25)21-10-9-17-6-3-2-4-7-17)23-11-5-8-18(12-23)13-24-15-20-14-22-24/h6,14-16,18H,2-5,7-13H2,1H3,(H,21,25)/t16-,18-/m1/s1. The lowest BCUT2D eigenvalue weighted by molar-refractivity contribution is -0.126. The normalized spacial score (nSPS) is 23.1. The van der Waals surface area contributed by atoms with Gasteiger partial charge >= 0.3 is 0 Å². The number of nitrogens with zero attached hydrogens (tertiary/aromatic N) is 4. The van der Waals surface area contributed by atoms with E-state index in [0.717, 1.165) is 39.0 Å². The third kappa shape index (κ3) is 5.39. The number of nitrogens with one attached hydrogen (secondary N) is 1. The molecule has 2 heterocycles. The SMILES string of the molecule is C[C@H](C(=O)NCCC1=CCCCC1)N1CCC[C@@H](Cn2cncn2)C1. The van der Waals surface area contributed by atoms with Gasteiger partial charge in [-0.3, -0.25) is 14.4 Å². The highest BCUT2D eigenvalue weighted by Crippen LogP contribution is 2.21. The molecule has 1 aromatic heterocycles. The Bertz CT molecular complexity index is 568. The quantitative estimate of drug-likeness (QED) is 0.771. The Labute approximate surface area is 150 Å². The van der Waals surface area contributed by atoms with Crippen LogP contribution in [0.5, 0.6) is 0 Å². The summed E-state index contributed by atoms with van der Waals surface area (Å²) in [5.74, 6) is 0.705. The highest BCUT2D eigenvalue weighted by Gasteiger charge is 2.27.